The summed E-state index contributed by atoms with van der Waals surface area (Å²) in [7, 11) is 0. The molecule has 0 aliphatic carbocycles. The molecule has 7 atom stereocenters. The highest BCUT2D eigenvalue weighted by Gasteiger charge is 2.79. The SMILES string of the molecule is C=CCN(Cn1nnc2ccccc21)C(=O)C1N([C@@H](CO)[C@@H](C)CC)C(=O)[C@@H]2[C@@H](C(=O)N(CC=C)c3ccc(OCC)cc3)[C@@]3(CC)CCC12O3. The molecule has 1 N–H and O–H groups in total. The van der Waals surface area contributed by atoms with Crippen LogP contribution in [0.25, 0.3) is 11.0 Å². The molecule has 1 spiro atoms. The number of para-hydroxylation sites is 1. The molecule has 3 amide bonds. The molecule has 2 bridgehead atoms. The van der Waals surface area contributed by atoms with Crippen LogP contribution in [0.15, 0.2) is 73.8 Å². The number of likely N-dealkylation sites (tertiary alicyclic amines) is 1. The molecule has 12 nitrogen and oxygen atoms in total. The van der Waals surface area contributed by atoms with E-state index in [1.165, 1.54) is 0 Å². The molecule has 2 aromatic carbocycles. The predicted molar refractivity (Wildman–Crippen MR) is 194 cm³/mol. The van der Waals surface area contributed by atoms with Gasteiger partial charge in [0.1, 0.15) is 29.6 Å². The molecule has 3 aliphatic heterocycles. The van der Waals surface area contributed by atoms with Crippen LogP contribution >= 0.6 is 0 Å². The van der Waals surface area contributed by atoms with Gasteiger partial charge in [-0.25, -0.2) is 4.68 Å². The van der Waals surface area contributed by atoms with Gasteiger partial charge in [-0.15, -0.1) is 18.3 Å². The molecular weight excluding hydrogens is 648 g/mol. The summed E-state index contributed by atoms with van der Waals surface area (Å²) < 4.78 is 14.4. The van der Waals surface area contributed by atoms with Crippen molar-refractivity contribution in [2.75, 3.05) is 31.2 Å². The summed E-state index contributed by atoms with van der Waals surface area (Å²) in [5, 5.41) is 19.4. The number of nitrogens with zero attached hydrogens (tertiary/aromatic N) is 6. The fraction of sp³-hybridized carbons (Fsp3) is 0.513. The van der Waals surface area contributed by atoms with Gasteiger partial charge in [-0.05, 0) is 68.5 Å². The van der Waals surface area contributed by atoms with E-state index in [0.29, 0.717) is 49.2 Å². The highest BCUT2D eigenvalue weighted by atomic mass is 16.5. The third-order valence-electron chi connectivity index (χ3n) is 11.4. The lowest BCUT2D eigenvalue weighted by molar-refractivity contribution is -0.158. The normalized spacial score (nSPS) is 26.2. The first-order chi connectivity index (χ1) is 24.6. The second-order valence-corrected chi connectivity index (χ2v) is 13.9. The Kier molecular flexibility index (Phi) is 10.4. The van der Waals surface area contributed by atoms with Crippen molar-refractivity contribution in [1.29, 1.82) is 0 Å². The summed E-state index contributed by atoms with van der Waals surface area (Å²) in [6, 6.07) is 13.0. The summed E-state index contributed by atoms with van der Waals surface area (Å²) in [5.74, 6) is -2.18. The number of aliphatic hydroxyl groups is 1. The van der Waals surface area contributed by atoms with Crippen LogP contribution in [0.4, 0.5) is 5.69 Å². The second-order valence-electron chi connectivity index (χ2n) is 13.9. The van der Waals surface area contributed by atoms with Crippen LogP contribution < -0.4 is 9.64 Å². The standard InChI is InChI=1S/C39H50N6O6/c1-7-22-42(25-44-30-15-13-12-14-29(30)40-41-44)37(49)34-39-21-20-38(10-4,51-39)32(33(39)36(48)45(34)31(24-46)26(6)9-3)35(47)43(23-8-2)27-16-18-28(19-17-27)50-11-5/h7-8,12-19,26,31-34,46H,1-2,9-11,20-25H2,3-6H3/t26-,31-,32-,33-,34?,38+,39?/m0/s1. The Labute approximate surface area is 299 Å². The first-order valence-electron chi connectivity index (χ1n) is 18.1. The highest BCUT2D eigenvalue weighted by molar-refractivity contribution is 6.03. The van der Waals surface area contributed by atoms with E-state index in [9.17, 15) is 9.90 Å². The lowest BCUT2D eigenvalue weighted by Gasteiger charge is -2.41. The number of fused-ring (bicyclic) bond motifs is 2. The number of rotatable bonds is 16. The second kappa shape index (κ2) is 14.6. The van der Waals surface area contributed by atoms with Gasteiger partial charge in [0.05, 0.1) is 42.2 Å². The first kappa shape index (κ1) is 36.2. The van der Waals surface area contributed by atoms with Crippen molar-refractivity contribution in [2.45, 2.75) is 83.3 Å². The molecule has 4 heterocycles. The fourth-order valence-corrected chi connectivity index (χ4v) is 8.72. The van der Waals surface area contributed by atoms with Gasteiger partial charge >= 0.3 is 0 Å². The number of carbonyl (C=O) groups excluding carboxylic acids is 3. The van der Waals surface area contributed by atoms with Gasteiger partial charge in [0.25, 0.3) is 0 Å². The third-order valence-corrected chi connectivity index (χ3v) is 11.4. The molecular formula is C39H50N6O6. The van der Waals surface area contributed by atoms with Crippen LogP contribution in [0, 0.1) is 17.8 Å². The number of amides is 3. The number of benzene rings is 2. The summed E-state index contributed by atoms with van der Waals surface area (Å²) in [6.45, 7) is 16.3. The monoisotopic (exact) mass is 698 g/mol. The van der Waals surface area contributed by atoms with Crippen LogP contribution in [-0.2, 0) is 25.8 Å². The fourth-order valence-electron chi connectivity index (χ4n) is 8.72. The molecule has 51 heavy (non-hydrogen) atoms. The average molecular weight is 699 g/mol. The van der Waals surface area contributed by atoms with E-state index in [1.807, 2.05) is 76.2 Å². The molecule has 0 radical (unpaired) electrons. The molecule has 3 aromatic rings. The largest absolute Gasteiger partial charge is 0.494 e. The predicted octanol–water partition coefficient (Wildman–Crippen LogP) is 4.58. The van der Waals surface area contributed by atoms with Crippen molar-refractivity contribution in [3.63, 3.8) is 0 Å². The van der Waals surface area contributed by atoms with Gasteiger partial charge in [0, 0.05) is 18.8 Å². The molecule has 0 saturated carbocycles. The maximum Gasteiger partial charge on any atom is 0.250 e. The molecule has 272 valence electrons. The minimum atomic E-state index is -1.28. The van der Waals surface area contributed by atoms with Crippen molar-refractivity contribution >= 4 is 34.4 Å². The Balaban J connectivity index is 1.45. The Morgan fingerprint density at radius 1 is 1.08 bits per heavy atom. The van der Waals surface area contributed by atoms with E-state index < -0.39 is 35.1 Å². The van der Waals surface area contributed by atoms with E-state index in [-0.39, 0.29) is 50.0 Å². The number of aromatic nitrogens is 3. The molecule has 1 aromatic heterocycles. The molecule has 2 unspecified atom stereocenters. The summed E-state index contributed by atoms with van der Waals surface area (Å²) in [4.78, 5) is 50.1. The van der Waals surface area contributed by atoms with Gasteiger partial charge in [-0.1, -0.05) is 56.7 Å². The zero-order valence-electron chi connectivity index (χ0n) is 30.1. The van der Waals surface area contributed by atoms with Crippen LogP contribution in [-0.4, -0.2) is 97.2 Å². The van der Waals surface area contributed by atoms with Crippen LogP contribution in [0.1, 0.15) is 53.4 Å². The quantitative estimate of drug-likeness (QED) is 0.215. The van der Waals surface area contributed by atoms with Gasteiger partial charge in [-0.3, -0.25) is 14.4 Å². The van der Waals surface area contributed by atoms with E-state index >= 15 is 9.59 Å². The van der Waals surface area contributed by atoms with Crippen molar-refractivity contribution in [2.24, 2.45) is 17.8 Å². The molecule has 3 fully saturated rings. The maximum atomic E-state index is 15.2. The Morgan fingerprint density at radius 2 is 1.80 bits per heavy atom. The van der Waals surface area contributed by atoms with E-state index in [0.717, 1.165) is 5.52 Å². The topological polar surface area (TPSA) is 130 Å². The average Bonchev–Trinajstić information content (AvgIpc) is 3.88. The lowest BCUT2D eigenvalue weighted by Crippen LogP contribution is -2.60. The number of hydrogen-bond acceptors (Lipinski definition) is 8. The zero-order valence-corrected chi connectivity index (χ0v) is 30.1. The van der Waals surface area contributed by atoms with E-state index in [4.69, 9.17) is 9.47 Å². The number of hydrogen-bond donors (Lipinski definition) is 1. The van der Waals surface area contributed by atoms with Crippen molar-refractivity contribution < 1.29 is 29.0 Å². The van der Waals surface area contributed by atoms with Crippen LogP contribution in [0.5, 0.6) is 5.75 Å². The molecule has 3 aliphatic rings. The highest BCUT2D eigenvalue weighted by Crippen LogP contribution is 2.65. The molecule has 3 saturated heterocycles. The van der Waals surface area contributed by atoms with Crippen molar-refractivity contribution in [3.05, 3.63) is 73.8 Å². The van der Waals surface area contributed by atoms with Crippen LogP contribution in [0.3, 0.4) is 0 Å². The molecule has 6 rings (SSSR count). The smallest absolute Gasteiger partial charge is 0.250 e. The van der Waals surface area contributed by atoms with Gasteiger partial charge in [-0.2, -0.15) is 0 Å². The third kappa shape index (κ3) is 5.91. The summed E-state index contributed by atoms with van der Waals surface area (Å²) >= 11 is 0. The number of aliphatic hydroxyl groups excluding tert-OH is 1. The first-order valence-corrected chi connectivity index (χ1v) is 18.1. The summed E-state index contributed by atoms with van der Waals surface area (Å²) in [5.41, 5.74) is -0.145. The molecule has 12 heteroatoms. The zero-order chi connectivity index (χ0) is 36.5. The number of anilines is 1. The van der Waals surface area contributed by atoms with Crippen molar-refractivity contribution in [3.8, 4) is 5.75 Å². The summed E-state index contributed by atoms with van der Waals surface area (Å²) in [6.07, 6.45) is 5.39. The van der Waals surface area contributed by atoms with Gasteiger partial charge in [0.15, 0.2) is 0 Å². The minimum Gasteiger partial charge on any atom is -0.494 e. The van der Waals surface area contributed by atoms with Gasteiger partial charge in [0.2, 0.25) is 17.7 Å². The minimum absolute atomic E-state index is 0.0594. The lowest BCUT2D eigenvalue weighted by atomic mass is 9.64. The maximum absolute atomic E-state index is 15.2. The van der Waals surface area contributed by atoms with Crippen molar-refractivity contribution in [1.82, 2.24) is 24.8 Å². The van der Waals surface area contributed by atoms with Crippen LogP contribution in [0.2, 0.25) is 0 Å². The van der Waals surface area contributed by atoms with E-state index in [2.05, 4.69) is 23.5 Å². The number of carbonyl (C=O) groups is 3. The number of ether oxygens (including phenoxy) is 2. The Hall–Kier alpha value is -4.55. The van der Waals surface area contributed by atoms with E-state index in [1.54, 1.807) is 31.5 Å². The Bertz CT molecular complexity index is 1780. The van der Waals surface area contributed by atoms with Gasteiger partial charge < -0.3 is 29.3 Å². The Morgan fingerprint density at radius 3 is 2.45 bits per heavy atom.